The third kappa shape index (κ3) is 7.87. The fourth-order valence-corrected chi connectivity index (χ4v) is 6.03. The highest BCUT2D eigenvalue weighted by Gasteiger charge is 2.40. The minimum Gasteiger partial charge on any atom is -0.415 e. The number of amides is 1. The highest BCUT2D eigenvalue weighted by atomic mass is 28.4. The summed E-state index contributed by atoms with van der Waals surface area (Å²) in [4.78, 5) is 27.6. The van der Waals surface area contributed by atoms with Crippen molar-refractivity contribution in [3.05, 3.63) is 71.8 Å². The SMILES string of the molecule is CC(C)(C)[Si](C)(C)OC[C@H]1CCC(=O)N1Cc1ccccc1.CC1(C)CC[C@H](C=O)N1Cc1ccccc1. The molecule has 0 bridgehead atoms. The van der Waals surface area contributed by atoms with Gasteiger partial charge in [-0.15, -0.1) is 0 Å². The molecule has 2 heterocycles. The third-order valence-corrected chi connectivity index (χ3v) is 13.2. The highest BCUT2D eigenvalue weighted by Crippen LogP contribution is 2.37. The summed E-state index contributed by atoms with van der Waals surface area (Å²) in [5.74, 6) is 0.257. The molecule has 38 heavy (non-hydrogen) atoms. The number of rotatable bonds is 8. The number of nitrogens with zero attached hydrogens (tertiary/aromatic N) is 2. The first-order chi connectivity index (χ1) is 17.8. The normalized spacial score (nSPS) is 21.8. The summed E-state index contributed by atoms with van der Waals surface area (Å²) in [6.07, 6.45) is 4.75. The highest BCUT2D eigenvalue weighted by molar-refractivity contribution is 6.74. The minimum atomic E-state index is -1.75. The van der Waals surface area contributed by atoms with E-state index in [0.29, 0.717) is 19.6 Å². The van der Waals surface area contributed by atoms with Gasteiger partial charge in [-0.3, -0.25) is 9.69 Å². The van der Waals surface area contributed by atoms with E-state index in [2.05, 4.69) is 76.9 Å². The van der Waals surface area contributed by atoms with Crippen LogP contribution in [0.25, 0.3) is 0 Å². The van der Waals surface area contributed by atoms with E-state index >= 15 is 0 Å². The number of likely N-dealkylation sites (tertiary alicyclic amines) is 2. The Morgan fingerprint density at radius 3 is 2.03 bits per heavy atom. The standard InChI is InChI=1S/C18H29NO2Si.C14H19NO/c1-18(2,3)22(4,5)21-14-16-11-12-17(20)19(16)13-15-9-7-6-8-10-15;1-14(2)9-8-13(11-16)15(14)10-12-6-4-3-5-7-12/h6-10,16H,11-14H2,1-5H3;3-7,11,13H,8-10H2,1-2H3/t16-;13-/m11/s1. The van der Waals surface area contributed by atoms with E-state index in [1.54, 1.807) is 0 Å². The number of benzene rings is 2. The average Bonchev–Trinajstić information content (AvgIpc) is 3.36. The van der Waals surface area contributed by atoms with Gasteiger partial charge in [-0.1, -0.05) is 81.4 Å². The molecule has 2 fully saturated rings. The zero-order valence-electron chi connectivity index (χ0n) is 24.6. The van der Waals surface area contributed by atoms with Crippen LogP contribution in [0.4, 0.5) is 0 Å². The van der Waals surface area contributed by atoms with Crippen molar-refractivity contribution in [1.82, 2.24) is 9.80 Å². The van der Waals surface area contributed by atoms with Gasteiger partial charge in [0.25, 0.3) is 0 Å². The van der Waals surface area contributed by atoms with Crippen molar-refractivity contribution in [1.29, 1.82) is 0 Å². The molecule has 0 spiro atoms. The fourth-order valence-electron chi connectivity index (χ4n) is 4.99. The van der Waals surface area contributed by atoms with Crippen molar-refractivity contribution >= 4 is 20.5 Å². The molecule has 0 saturated carbocycles. The molecule has 208 valence electrons. The van der Waals surface area contributed by atoms with Crippen LogP contribution in [-0.2, 0) is 27.1 Å². The molecular formula is C32H48N2O3Si. The van der Waals surface area contributed by atoms with Gasteiger partial charge >= 0.3 is 0 Å². The maximum Gasteiger partial charge on any atom is 0.223 e. The van der Waals surface area contributed by atoms with Crippen LogP contribution in [0.3, 0.4) is 0 Å². The average molecular weight is 537 g/mol. The zero-order chi connectivity index (χ0) is 28.0. The molecular weight excluding hydrogens is 488 g/mol. The summed E-state index contributed by atoms with van der Waals surface area (Å²) in [6.45, 7) is 18.0. The summed E-state index contributed by atoms with van der Waals surface area (Å²) >= 11 is 0. The monoisotopic (exact) mass is 536 g/mol. The minimum absolute atomic E-state index is 0.0928. The Bertz CT molecular complexity index is 1030. The lowest BCUT2D eigenvalue weighted by atomic mass is 10.0. The van der Waals surface area contributed by atoms with Gasteiger partial charge < -0.3 is 14.1 Å². The molecule has 5 nitrogen and oxygen atoms in total. The number of hydrogen-bond donors (Lipinski definition) is 0. The van der Waals surface area contributed by atoms with Gasteiger partial charge in [-0.2, -0.15) is 0 Å². The first-order valence-electron chi connectivity index (χ1n) is 14.1. The topological polar surface area (TPSA) is 49.9 Å². The number of carbonyl (C=O) groups is 2. The number of carbonyl (C=O) groups excluding carboxylic acids is 2. The molecule has 0 unspecified atom stereocenters. The molecule has 2 aromatic carbocycles. The summed E-state index contributed by atoms with van der Waals surface area (Å²) in [5, 5.41) is 0.208. The second-order valence-corrected chi connectivity index (χ2v) is 17.7. The van der Waals surface area contributed by atoms with Gasteiger partial charge in [-0.05, 0) is 62.4 Å². The van der Waals surface area contributed by atoms with Gasteiger partial charge in [0.15, 0.2) is 8.32 Å². The van der Waals surface area contributed by atoms with Crippen LogP contribution in [-0.4, -0.2) is 54.5 Å². The predicted octanol–water partition coefficient (Wildman–Crippen LogP) is 6.83. The molecule has 2 aliphatic rings. The second kappa shape index (κ2) is 12.7. The Kier molecular flexibility index (Phi) is 10.1. The molecule has 0 aromatic heterocycles. The van der Waals surface area contributed by atoms with Crippen LogP contribution in [0.5, 0.6) is 0 Å². The lowest BCUT2D eigenvalue weighted by Gasteiger charge is -2.38. The summed E-state index contributed by atoms with van der Waals surface area (Å²) in [7, 11) is -1.75. The Balaban J connectivity index is 0.000000221. The van der Waals surface area contributed by atoms with Gasteiger partial charge in [0, 0.05) is 25.0 Å². The van der Waals surface area contributed by atoms with E-state index < -0.39 is 8.32 Å². The van der Waals surface area contributed by atoms with Crippen LogP contribution >= 0.6 is 0 Å². The molecule has 0 aliphatic carbocycles. The summed E-state index contributed by atoms with van der Waals surface area (Å²) < 4.78 is 6.34. The quantitative estimate of drug-likeness (QED) is 0.274. The summed E-state index contributed by atoms with van der Waals surface area (Å²) in [6, 6.07) is 20.9. The van der Waals surface area contributed by atoms with Crippen LogP contribution in [0.15, 0.2) is 60.7 Å². The maximum atomic E-state index is 12.2. The first kappa shape index (κ1) is 30.3. The third-order valence-electron chi connectivity index (χ3n) is 8.67. The molecule has 2 atom stereocenters. The Labute approximate surface area is 231 Å². The number of hydrogen-bond acceptors (Lipinski definition) is 4. The van der Waals surface area contributed by atoms with E-state index in [1.807, 2.05) is 41.3 Å². The molecule has 0 N–H and O–H groups in total. The molecule has 4 rings (SSSR count). The molecule has 0 radical (unpaired) electrons. The zero-order valence-corrected chi connectivity index (χ0v) is 25.6. The van der Waals surface area contributed by atoms with Crippen molar-refractivity contribution in [2.45, 2.75) is 109 Å². The molecule has 2 aromatic rings. The second-order valence-electron chi connectivity index (χ2n) is 12.9. The van der Waals surface area contributed by atoms with Crippen LogP contribution < -0.4 is 0 Å². The lowest BCUT2D eigenvalue weighted by molar-refractivity contribution is -0.130. The summed E-state index contributed by atoms with van der Waals surface area (Å²) in [5.41, 5.74) is 2.61. The smallest absolute Gasteiger partial charge is 0.223 e. The number of aldehydes is 1. The molecule has 2 saturated heterocycles. The van der Waals surface area contributed by atoms with Gasteiger partial charge in [0.05, 0.1) is 18.7 Å². The maximum absolute atomic E-state index is 12.2. The van der Waals surface area contributed by atoms with E-state index in [0.717, 1.165) is 32.1 Å². The molecule has 6 heteroatoms. The first-order valence-corrected chi connectivity index (χ1v) is 17.0. The van der Waals surface area contributed by atoms with Crippen molar-refractivity contribution in [3.63, 3.8) is 0 Å². The molecule has 1 amide bonds. The van der Waals surface area contributed by atoms with E-state index in [1.165, 1.54) is 11.1 Å². The van der Waals surface area contributed by atoms with E-state index in [-0.39, 0.29) is 28.6 Å². The van der Waals surface area contributed by atoms with Crippen LogP contribution in [0, 0.1) is 0 Å². The largest absolute Gasteiger partial charge is 0.415 e. The van der Waals surface area contributed by atoms with Gasteiger partial charge in [0.1, 0.15) is 6.29 Å². The molecule has 2 aliphatic heterocycles. The van der Waals surface area contributed by atoms with Crippen molar-refractivity contribution < 1.29 is 14.0 Å². The van der Waals surface area contributed by atoms with Gasteiger partial charge in [-0.25, -0.2) is 0 Å². The Morgan fingerprint density at radius 2 is 1.50 bits per heavy atom. The lowest BCUT2D eigenvalue weighted by Crippen LogP contribution is -2.45. The van der Waals surface area contributed by atoms with Crippen molar-refractivity contribution in [3.8, 4) is 0 Å². The van der Waals surface area contributed by atoms with Crippen LogP contribution in [0.2, 0.25) is 18.1 Å². The van der Waals surface area contributed by atoms with E-state index in [9.17, 15) is 9.59 Å². The predicted molar refractivity (Wildman–Crippen MR) is 158 cm³/mol. The Morgan fingerprint density at radius 1 is 0.947 bits per heavy atom. The van der Waals surface area contributed by atoms with E-state index in [4.69, 9.17) is 4.43 Å². The van der Waals surface area contributed by atoms with Crippen molar-refractivity contribution in [2.75, 3.05) is 6.61 Å². The van der Waals surface area contributed by atoms with Crippen LogP contribution in [0.1, 0.15) is 71.4 Å². The van der Waals surface area contributed by atoms with Gasteiger partial charge in [0.2, 0.25) is 5.91 Å². The fraction of sp³-hybridized carbons (Fsp3) is 0.562. The van der Waals surface area contributed by atoms with Crippen molar-refractivity contribution in [2.24, 2.45) is 0 Å². The Hall–Kier alpha value is -2.28.